The van der Waals surface area contributed by atoms with Crippen molar-refractivity contribution in [3.63, 3.8) is 0 Å². The van der Waals surface area contributed by atoms with E-state index in [9.17, 15) is 14.7 Å². The fourth-order valence-electron chi connectivity index (χ4n) is 4.76. The van der Waals surface area contributed by atoms with Crippen LogP contribution in [0.1, 0.15) is 37.6 Å². The van der Waals surface area contributed by atoms with Gasteiger partial charge in [0.25, 0.3) is 0 Å². The lowest BCUT2D eigenvalue weighted by Gasteiger charge is -2.28. The summed E-state index contributed by atoms with van der Waals surface area (Å²) in [6.45, 7) is 7.58. The molecular formula is C29H28Br4O8Si. The molecule has 1 heterocycles. The van der Waals surface area contributed by atoms with Crippen LogP contribution in [-0.4, -0.2) is 46.3 Å². The van der Waals surface area contributed by atoms with E-state index >= 15 is 0 Å². The molecule has 0 radical (unpaired) electrons. The Labute approximate surface area is 277 Å². The Morgan fingerprint density at radius 1 is 0.905 bits per heavy atom. The van der Waals surface area contributed by atoms with Crippen LogP contribution in [0.15, 0.2) is 63.5 Å². The molecule has 2 aromatic carbocycles. The maximum Gasteiger partial charge on any atom is 0.501 e. The molecule has 0 fully saturated rings. The van der Waals surface area contributed by atoms with E-state index in [0.29, 0.717) is 85.7 Å². The fraction of sp³-hybridized carbons (Fsp3) is 0.310. The van der Waals surface area contributed by atoms with Crippen LogP contribution in [0.2, 0.25) is 6.04 Å². The molecule has 0 atom stereocenters. The second-order valence-electron chi connectivity index (χ2n) is 9.02. The van der Waals surface area contributed by atoms with Gasteiger partial charge in [-0.15, -0.1) is 0 Å². The summed E-state index contributed by atoms with van der Waals surface area (Å²) in [4.78, 5) is 25.1. The van der Waals surface area contributed by atoms with Crippen LogP contribution < -0.4 is 10.2 Å². The van der Waals surface area contributed by atoms with Gasteiger partial charge in [-0.1, -0.05) is 18.2 Å². The van der Waals surface area contributed by atoms with Gasteiger partial charge in [-0.05, 0) is 115 Å². The Morgan fingerprint density at radius 2 is 1.55 bits per heavy atom. The topological polar surface area (TPSA) is 104 Å². The van der Waals surface area contributed by atoms with E-state index in [2.05, 4.69) is 63.7 Å². The molecular weight excluding hydrogens is 824 g/mol. The number of rotatable bonds is 13. The van der Waals surface area contributed by atoms with Gasteiger partial charge in [0.15, 0.2) is 17.1 Å². The van der Waals surface area contributed by atoms with Gasteiger partial charge in [0, 0.05) is 42.4 Å². The highest BCUT2D eigenvalue weighted by Gasteiger charge is 2.39. The molecule has 0 saturated heterocycles. The highest BCUT2D eigenvalue weighted by Crippen LogP contribution is 2.49. The third-order valence-electron chi connectivity index (χ3n) is 6.40. The van der Waals surface area contributed by atoms with E-state index in [1.165, 1.54) is 0 Å². The SMILES string of the molecule is CCO[Si](CCCOc1c(Br)cc2c(-c3ccccc3C(=O)O)c3cc(Br)c(=O)c(Br)c-3oc2c1Br)(OCC)OCC. The number of fused-ring (bicyclic) bond motifs is 2. The number of benzene rings is 3. The summed E-state index contributed by atoms with van der Waals surface area (Å²) in [6, 6.07) is 10.8. The van der Waals surface area contributed by atoms with Crippen molar-refractivity contribution in [1.29, 1.82) is 0 Å². The molecule has 0 saturated carbocycles. The van der Waals surface area contributed by atoms with Gasteiger partial charge in [-0.25, -0.2) is 4.79 Å². The van der Waals surface area contributed by atoms with Crippen molar-refractivity contribution in [2.24, 2.45) is 0 Å². The van der Waals surface area contributed by atoms with E-state index in [1.807, 2.05) is 26.8 Å². The smallest absolute Gasteiger partial charge is 0.491 e. The lowest BCUT2D eigenvalue weighted by molar-refractivity contribution is 0.0688. The molecule has 1 N–H and O–H groups in total. The number of carboxylic acids is 1. The third kappa shape index (κ3) is 6.73. The molecule has 0 amide bonds. The van der Waals surface area contributed by atoms with Gasteiger partial charge in [0.2, 0.25) is 5.43 Å². The molecule has 0 spiro atoms. The molecule has 42 heavy (non-hydrogen) atoms. The van der Waals surface area contributed by atoms with Crippen molar-refractivity contribution in [1.82, 2.24) is 0 Å². The lowest BCUT2D eigenvalue weighted by atomic mass is 9.91. The van der Waals surface area contributed by atoms with Crippen LogP contribution in [0.3, 0.4) is 0 Å². The Balaban J connectivity index is 1.84. The van der Waals surface area contributed by atoms with E-state index in [-0.39, 0.29) is 21.2 Å². The van der Waals surface area contributed by atoms with Crippen LogP contribution >= 0.6 is 63.7 Å². The number of halogens is 4. The zero-order valence-corrected chi connectivity index (χ0v) is 30.4. The van der Waals surface area contributed by atoms with Gasteiger partial charge >= 0.3 is 14.8 Å². The zero-order valence-electron chi connectivity index (χ0n) is 23.0. The Morgan fingerprint density at radius 3 is 2.17 bits per heavy atom. The highest BCUT2D eigenvalue weighted by molar-refractivity contribution is 9.11. The summed E-state index contributed by atoms with van der Waals surface area (Å²) >= 11 is 14.0. The number of hydrogen-bond donors (Lipinski definition) is 1. The molecule has 8 nitrogen and oxygen atoms in total. The second kappa shape index (κ2) is 14.5. The van der Waals surface area contributed by atoms with Crippen molar-refractivity contribution in [3.8, 4) is 28.2 Å². The quantitative estimate of drug-likeness (QED) is 0.0808. The molecule has 224 valence electrons. The highest BCUT2D eigenvalue weighted by atomic mass is 79.9. The third-order valence-corrected chi connectivity index (χ3v) is 12.2. The molecule has 13 heteroatoms. The monoisotopic (exact) mass is 848 g/mol. The van der Waals surface area contributed by atoms with Gasteiger partial charge in [-0.2, -0.15) is 0 Å². The van der Waals surface area contributed by atoms with Crippen molar-refractivity contribution < 1.29 is 32.3 Å². The van der Waals surface area contributed by atoms with Crippen LogP contribution in [0.5, 0.6) is 5.75 Å². The number of ether oxygens (including phenoxy) is 1. The first-order valence-corrected chi connectivity index (χ1v) is 18.3. The average molecular weight is 852 g/mol. The molecule has 2 aliphatic rings. The number of carboxylic acid groups (broad SMARTS) is 1. The second-order valence-corrected chi connectivity index (χ2v) is 15.0. The summed E-state index contributed by atoms with van der Waals surface area (Å²) in [5.41, 5.74) is 1.84. The summed E-state index contributed by atoms with van der Waals surface area (Å²) in [5, 5.41) is 10.6. The van der Waals surface area contributed by atoms with Gasteiger partial charge in [0.05, 0.1) is 21.1 Å². The largest absolute Gasteiger partial charge is 0.501 e. The fourth-order valence-corrected chi connectivity index (χ4v) is 9.97. The number of hydrogen-bond acceptors (Lipinski definition) is 7. The molecule has 2 aromatic rings. The van der Waals surface area contributed by atoms with Crippen molar-refractivity contribution >= 4 is 89.5 Å². The minimum absolute atomic E-state index is 0.114. The van der Waals surface area contributed by atoms with Crippen LogP contribution in [0.4, 0.5) is 0 Å². The summed E-state index contributed by atoms with van der Waals surface area (Å²) in [6.07, 6.45) is 0.619. The minimum Gasteiger partial charge on any atom is -0.491 e. The Bertz CT molecular complexity index is 1620. The minimum atomic E-state index is -2.82. The summed E-state index contributed by atoms with van der Waals surface area (Å²) in [7, 11) is -2.82. The van der Waals surface area contributed by atoms with Crippen LogP contribution in [-0.2, 0) is 13.3 Å². The van der Waals surface area contributed by atoms with Gasteiger partial charge in [-0.3, -0.25) is 4.79 Å². The predicted molar refractivity (Wildman–Crippen MR) is 178 cm³/mol. The van der Waals surface area contributed by atoms with Crippen LogP contribution in [0, 0.1) is 0 Å². The first-order chi connectivity index (χ1) is 20.1. The summed E-state index contributed by atoms with van der Waals surface area (Å²) < 4.78 is 32.1. The maximum absolute atomic E-state index is 12.8. The van der Waals surface area contributed by atoms with Gasteiger partial charge < -0.3 is 27.5 Å². The molecule has 0 aromatic heterocycles. The first kappa shape index (κ1) is 33.3. The number of aromatic carboxylic acids is 1. The molecule has 0 unspecified atom stereocenters. The molecule has 1 aliphatic heterocycles. The normalized spacial score (nSPS) is 11.9. The average Bonchev–Trinajstić information content (AvgIpc) is 2.95. The van der Waals surface area contributed by atoms with E-state index < -0.39 is 14.8 Å². The molecule has 0 bridgehead atoms. The van der Waals surface area contributed by atoms with E-state index in [0.717, 1.165) is 0 Å². The van der Waals surface area contributed by atoms with Gasteiger partial charge in [0.1, 0.15) is 8.95 Å². The summed E-state index contributed by atoms with van der Waals surface area (Å²) in [5.74, 6) is -0.300. The lowest BCUT2D eigenvalue weighted by Crippen LogP contribution is -2.46. The Kier molecular flexibility index (Phi) is 11.5. The van der Waals surface area contributed by atoms with Crippen molar-refractivity contribution in [2.75, 3.05) is 26.4 Å². The van der Waals surface area contributed by atoms with Crippen molar-refractivity contribution in [3.05, 3.63) is 70.1 Å². The standard InChI is InChI=1S/C29H28Br4O8Si/c1-4-38-42(39-5-2,40-6-3)13-9-12-37-28-21(31)15-19-22(16-10-7-8-11-17(16)29(35)36)18-14-20(30)25(34)23(32)26(18)41-27(19)24(28)33/h7-8,10-11,14-15H,4-6,9,12-13H2,1-3H3,(H,35,36). The van der Waals surface area contributed by atoms with E-state index in [4.69, 9.17) is 22.4 Å². The molecule has 4 rings (SSSR count). The Hall–Kier alpha value is -1.58. The molecule has 1 aliphatic carbocycles. The predicted octanol–water partition coefficient (Wildman–Crippen LogP) is 9.13. The van der Waals surface area contributed by atoms with E-state index in [1.54, 1.807) is 30.3 Å². The maximum atomic E-state index is 12.8. The van der Waals surface area contributed by atoms with Crippen LogP contribution in [0.25, 0.3) is 33.4 Å². The zero-order chi connectivity index (χ0) is 30.6. The van der Waals surface area contributed by atoms with Crippen molar-refractivity contribution in [2.45, 2.75) is 33.2 Å². The first-order valence-electron chi connectivity index (χ1n) is 13.2. The number of carbonyl (C=O) groups is 1.